The van der Waals surface area contributed by atoms with Crippen molar-refractivity contribution in [2.24, 2.45) is 0 Å². The number of rotatable bonds is 6. The molecule has 0 atom stereocenters. The van der Waals surface area contributed by atoms with E-state index in [1.165, 1.54) is 18.4 Å². The van der Waals surface area contributed by atoms with E-state index in [2.05, 4.69) is 15.3 Å². The van der Waals surface area contributed by atoms with Gasteiger partial charge in [-0.1, -0.05) is 5.21 Å². The molecular weight excluding hydrogens is 292 g/mol. The van der Waals surface area contributed by atoms with Gasteiger partial charge in [-0.2, -0.15) is 0 Å². The van der Waals surface area contributed by atoms with Crippen LogP contribution in [0.2, 0.25) is 0 Å². The molecule has 0 aliphatic rings. The fourth-order valence-electron chi connectivity index (χ4n) is 2.04. The van der Waals surface area contributed by atoms with Gasteiger partial charge in [0.1, 0.15) is 5.69 Å². The molecule has 2 aromatic rings. The first-order chi connectivity index (χ1) is 10.1. The number of ether oxygens (including phenoxy) is 2. The smallest absolute Gasteiger partial charge is 0.360 e. The van der Waals surface area contributed by atoms with E-state index in [4.69, 9.17) is 9.47 Å². The van der Waals surface area contributed by atoms with E-state index in [0.717, 1.165) is 22.0 Å². The molecule has 0 saturated carbocycles. The van der Waals surface area contributed by atoms with Crippen LogP contribution in [0.25, 0.3) is 10.6 Å². The molecule has 2 heterocycles. The van der Waals surface area contributed by atoms with E-state index < -0.39 is 5.97 Å². The van der Waals surface area contributed by atoms with Gasteiger partial charge in [0, 0.05) is 20.3 Å². The van der Waals surface area contributed by atoms with E-state index in [1.54, 1.807) is 11.8 Å². The second kappa shape index (κ2) is 6.77. The molecule has 7 nitrogen and oxygen atoms in total. The van der Waals surface area contributed by atoms with E-state index in [-0.39, 0.29) is 5.69 Å². The number of hydrogen-bond donors (Lipinski definition) is 0. The number of thiazole rings is 1. The lowest BCUT2D eigenvalue weighted by molar-refractivity contribution is 0.0595. The highest BCUT2D eigenvalue weighted by atomic mass is 32.1. The first-order valence-electron chi connectivity index (χ1n) is 6.53. The van der Waals surface area contributed by atoms with Gasteiger partial charge in [0.25, 0.3) is 0 Å². The Morgan fingerprint density at radius 3 is 2.67 bits per heavy atom. The summed E-state index contributed by atoms with van der Waals surface area (Å²) in [6.07, 6.45) is 0.782. The zero-order valence-electron chi connectivity index (χ0n) is 12.5. The van der Waals surface area contributed by atoms with Crippen LogP contribution in [0, 0.1) is 13.8 Å². The minimum Gasteiger partial charge on any atom is -0.464 e. The Bertz CT molecular complexity index is 635. The lowest BCUT2D eigenvalue weighted by Gasteiger charge is -2.06. The van der Waals surface area contributed by atoms with Crippen molar-refractivity contribution in [1.29, 1.82) is 0 Å². The third-order valence-electron chi connectivity index (χ3n) is 2.95. The minimum atomic E-state index is -0.492. The van der Waals surface area contributed by atoms with Crippen molar-refractivity contribution >= 4 is 17.3 Å². The Kier molecular flexibility index (Phi) is 5.03. The van der Waals surface area contributed by atoms with Crippen LogP contribution < -0.4 is 0 Å². The van der Waals surface area contributed by atoms with Crippen LogP contribution in [0.15, 0.2) is 0 Å². The monoisotopic (exact) mass is 310 g/mol. The van der Waals surface area contributed by atoms with Crippen LogP contribution in [0.3, 0.4) is 0 Å². The van der Waals surface area contributed by atoms with Gasteiger partial charge in [-0.3, -0.25) is 0 Å². The maximum Gasteiger partial charge on any atom is 0.360 e. The molecule has 0 amide bonds. The molecule has 0 unspecified atom stereocenters. The molecule has 0 aliphatic heterocycles. The Morgan fingerprint density at radius 1 is 1.33 bits per heavy atom. The zero-order chi connectivity index (χ0) is 15.4. The highest BCUT2D eigenvalue weighted by Gasteiger charge is 2.24. The molecule has 0 aromatic carbocycles. The van der Waals surface area contributed by atoms with Crippen molar-refractivity contribution in [3.8, 4) is 10.6 Å². The molecule has 0 aliphatic carbocycles. The summed E-state index contributed by atoms with van der Waals surface area (Å²) in [4.78, 5) is 17.2. The van der Waals surface area contributed by atoms with Crippen molar-refractivity contribution in [3.05, 3.63) is 16.4 Å². The van der Waals surface area contributed by atoms with Crippen molar-refractivity contribution in [1.82, 2.24) is 20.0 Å². The first-order valence-corrected chi connectivity index (χ1v) is 7.35. The van der Waals surface area contributed by atoms with Crippen molar-refractivity contribution in [2.45, 2.75) is 26.8 Å². The lowest BCUT2D eigenvalue weighted by atomic mass is 10.2. The highest BCUT2D eigenvalue weighted by Crippen LogP contribution is 2.31. The van der Waals surface area contributed by atoms with Crippen molar-refractivity contribution < 1.29 is 14.3 Å². The topological polar surface area (TPSA) is 79.1 Å². The summed E-state index contributed by atoms with van der Waals surface area (Å²) < 4.78 is 11.6. The number of carbonyl (C=O) groups is 1. The maximum atomic E-state index is 11.9. The van der Waals surface area contributed by atoms with Crippen molar-refractivity contribution in [3.63, 3.8) is 0 Å². The second-order valence-corrected chi connectivity index (χ2v) is 5.70. The molecule has 114 valence electrons. The van der Waals surface area contributed by atoms with Crippen LogP contribution in [0.5, 0.6) is 0 Å². The summed E-state index contributed by atoms with van der Waals surface area (Å²) in [5, 5.41) is 8.98. The molecule has 0 bridgehead atoms. The summed E-state index contributed by atoms with van der Waals surface area (Å²) in [6, 6.07) is 0. The Morgan fingerprint density at radius 2 is 2.10 bits per heavy atom. The van der Waals surface area contributed by atoms with E-state index in [0.29, 0.717) is 18.8 Å². The van der Waals surface area contributed by atoms with Gasteiger partial charge >= 0.3 is 5.97 Å². The van der Waals surface area contributed by atoms with Gasteiger partial charge < -0.3 is 9.47 Å². The number of hydrogen-bond acceptors (Lipinski definition) is 7. The zero-order valence-corrected chi connectivity index (χ0v) is 13.4. The predicted octanol–water partition coefficient (Wildman–Crippen LogP) is 1.84. The number of aromatic nitrogens is 4. The van der Waals surface area contributed by atoms with E-state index in [9.17, 15) is 4.79 Å². The van der Waals surface area contributed by atoms with Crippen LogP contribution in [0.1, 0.15) is 27.6 Å². The SMILES string of the molecule is COCCCn1nnc(C(=O)OC)c1-c1sc(C)nc1C. The largest absolute Gasteiger partial charge is 0.464 e. The average Bonchev–Trinajstić information content (AvgIpc) is 3.01. The third-order valence-corrected chi connectivity index (χ3v) is 4.03. The molecule has 0 spiro atoms. The summed E-state index contributed by atoms with van der Waals surface area (Å²) in [7, 11) is 2.99. The van der Waals surface area contributed by atoms with Gasteiger partial charge in [0.05, 0.1) is 22.7 Å². The number of esters is 1. The number of nitrogens with zero attached hydrogens (tertiary/aromatic N) is 4. The van der Waals surface area contributed by atoms with Gasteiger partial charge in [-0.05, 0) is 20.3 Å². The van der Waals surface area contributed by atoms with Crippen molar-refractivity contribution in [2.75, 3.05) is 20.8 Å². The van der Waals surface area contributed by atoms with Gasteiger partial charge in [-0.25, -0.2) is 14.5 Å². The number of aryl methyl sites for hydroxylation is 3. The molecule has 0 fully saturated rings. The molecular formula is C13H18N4O3S. The fourth-order valence-corrected chi connectivity index (χ4v) is 3.01. The first kappa shape index (κ1) is 15.6. The molecule has 8 heteroatoms. The van der Waals surface area contributed by atoms with Gasteiger partial charge in [0.15, 0.2) is 5.69 Å². The average molecular weight is 310 g/mol. The molecule has 0 radical (unpaired) electrons. The van der Waals surface area contributed by atoms with Crippen LogP contribution in [-0.2, 0) is 16.0 Å². The van der Waals surface area contributed by atoms with Crippen LogP contribution in [-0.4, -0.2) is 46.8 Å². The highest BCUT2D eigenvalue weighted by molar-refractivity contribution is 7.15. The maximum absolute atomic E-state index is 11.9. The quantitative estimate of drug-likeness (QED) is 0.598. The fraction of sp³-hybridized carbons (Fsp3) is 0.538. The second-order valence-electron chi connectivity index (χ2n) is 4.50. The Balaban J connectivity index is 2.45. The van der Waals surface area contributed by atoms with Crippen LogP contribution >= 0.6 is 11.3 Å². The molecule has 21 heavy (non-hydrogen) atoms. The minimum absolute atomic E-state index is 0.224. The third kappa shape index (κ3) is 3.27. The molecule has 2 aromatic heterocycles. The lowest BCUT2D eigenvalue weighted by Crippen LogP contribution is -2.08. The normalized spacial score (nSPS) is 10.9. The molecule has 2 rings (SSSR count). The van der Waals surface area contributed by atoms with E-state index >= 15 is 0 Å². The summed E-state index contributed by atoms with van der Waals surface area (Å²) in [5.74, 6) is -0.492. The molecule has 0 N–H and O–H groups in total. The standard InChI is InChI=1S/C13H18N4O3S/c1-8-12(21-9(2)14-8)11-10(13(18)20-4)15-16-17(11)6-5-7-19-3/h5-7H2,1-4H3. The van der Waals surface area contributed by atoms with E-state index in [1.807, 2.05) is 13.8 Å². The Hall–Kier alpha value is -1.80. The number of methoxy groups -OCH3 is 2. The predicted molar refractivity (Wildman–Crippen MR) is 78.4 cm³/mol. The summed E-state index contributed by atoms with van der Waals surface area (Å²) in [6.45, 7) is 5.07. The van der Waals surface area contributed by atoms with Gasteiger partial charge in [-0.15, -0.1) is 16.4 Å². The van der Waals surface area contributed by atoms with Crippen LogP contribution in [0.4, 0.5) is 0 Å². The summed E-state index contributed by atoms with van der Waals surface area (Å²) in [5.41, 5.74) is 1.75. The summed E-state index contributed by atoms with van der Waals surface area (Å²) >= 11 is 1.52. The number of carbonyl (C=O) groups excluding carboxylic acids is 1. The molecule has 0 saturated heterocycles. The van der Waals surface area contributed by atoms with Gasteiger partial charge in [0.2, 0.25) is 0 Å². The Labute approximate surface area is 126 Å².